The summed E-state index contributed by atoms with van der Waals surface area (Å²) < 4.78 is 16.5. The van der Waals surface area contributed by atoms with Crippen LogP contribution in [0.3, 0.4) is 0 Å². The summed E-state index contributed by atoms with van der Waals surface area (Å²) in [6.45, 7) is 6.44. The molecule has 3 heterocycles. The predicted molar refractivity (Wildman–Crippen MR) is 122 cm³/mol. The molecule has 0 fully saturated rings. The van der Waals surface area contributed by atoms with Crippen LogP contribution in [0.25, 0.3) is 33.7 Å². The van der Waals surface area contributed by atoms with Crippen LogP contribution in [-0.4, -0.2) is 30.6 Å². The van der Waals surface area contributed by atoms with E-state index in [9.17, 15) is 9.18 Å². The number of pyridine rings is 1. The normalized spacial score (nSPS) is 11.8. The van der Waals surface area contributed by atoms with Crippen LogP contribution < -0.4 is 5.32 Å². The molecule has 0 spiro atoms. The van der Waals surface area contributed by atoms with Crippen LogP contribution in [0.4, 0.5) is 4.39 Å². The molecule has 0 unspecified atom stereocenters. The first-order valence-corrected chi connectivity index (χ1v) is 10.6. The molecule has 1 aromatic carbocycles. The van der Waals surface area contributed by atoms with Crippen molar-refractivity contribution in [3.8, 4) is 22.5 Å². The zero-order valence-corrected chi connectivity index (χ0v) is 18.7. The molecule has 3 aromatic heterocycles. The van der Waals surface area contributed by atoms with Crippen LogP contribution in [0.5, 0.6) is 0 Å². The highest BCUT2D eigenvalue weighted by Crippen LogP contribution is 2.29. The first-order valence-electron chi connectivity index (χ1n) is 10.6. The second-order valence-electron chi connectivity index (χ2n) is 9.19. The first-order chi connectivity index (χ1) is 15.2. The minimum absolute atomic E-state index is 0.0698. The van der Waals surface area contributed by atoms with Crippen molar-refractivity contribution in [1.29, 1.82) is 0 Å². The Morgan fingerprint density at radius 3 is 2.72 bits per heavy atom. The summed E-state index contributed by atoms with van der Waals surface area (Å²) >= 11 is 0. The summed E-state index contributed by atoms with van der Waals surface area (Å²) in [6.07, 6.45) is 6.46. The SMILES string of the molecule is Cn1cc(-c2nc3nccc(-c4ccc(CNC(=O)CCC(C)(C)C)c(F)c4)c3[nH]2)cn1. The number of fused-ring (bicyclic) bond motifs is 1. The number of halogens is 1. The molecule has 0 radical (unpaired) electrons. The van der Waals surface area contributed by atoms with Gasteiger partial charge in [0.05, 0.1) is 17.3 Å². The summed E-state index contributed by atoms with van der Waals surface area (Å²) in [5, 5.41) is 6.99. The van der Waals surface area contributed by atoms with Crippen LogP contribution in [-0.2, 0) is 18.4 Å². The molecule has 0 bridgehead atoms. The number of carbonyl (C=O) groups is 1. The van der Waals surface area contributed by atoms with Gasteiger partial charge in [-0.3, -0.25) is 9.48 Å². The molecule has 4 rings (SSSR count). The molecule has 7 nitrogen and oxygen atoms in total. The standard InChI is InChI=1S/C24H27FN6O/c1-24(2,3)9-7-20(32)27-12-16-6-5-15(11-19(16)25)18-8-10-26-23-21(18)29-22(30-23)17-13-28-31(4)14-17/h5-6,8,10-11,13-14H,7,9,12H2,1-4H3,(H,27,32)(H,26,29,30). The van der Waals surface area contributed by atoms with Gasteiger partial charge in [-0.25, -0.2) is 14.4 Å². The molecule has 32 heavy (non-hydrogen) atoms. The van der Waals surface area contributed by atoms with Crippen molar-refractivity contribution in [2.45, 2.75) is 40.2 Å². The molecule has 0 aliphatic rings. The van der Waals surface area contributed by atoms with Gasteiger partial charge in [0.15, 0.2) is 5.65 Å². The number of hydrogen-bond acceptors (Lipinski definition) is 4. The van der Waals surface area contributed by atoms with E-state index in [1.807, 2.05) is 25.4 Å². The Morgan fingerprint density at radius 1 is 1.22 bits per heavy atom. The number of H-pyrrole nitrogens is 1. The minimum atomic E-state index is -0.365. The predicted octanol–water partition coefficient (Wildman–Crippen LogP) is 4.61. The lowest BCUT2D eigenvalue weighted by Crippen LogP contribution is -2.24. The Balaban J connectivity index is 1.54. The Labute approximate surface area is 186 Å². The number of hydrogen-bond donors (Lipinski definition) is 2. The van der Waals surface area contributed by atoms with E-state index in [0.717, 1.165) is 23.1 Å². The van der Waals surface area contributed by atoms with Crippen molar-refractivity contribution >= 4 is 17.1 Å². The second kappa shape index (κ2) is 8.53. The fraction of sp³-hybridized carbons (Fsp3) is 0.333. The molecule has 1 amide bonds. The van der Waals surface area contributed by atoms with Crippen LogP contribution >= 0.6 is 0 Å². The average Bonchev–Trinajstić information content (AvgIpc) is 3.36. The molecule has 0 aliphatic heterocycles. The van der Waals surface area contributed by atoms with Crippen LogP contribution in [0.2, 0.25) is 0 Å². The highest BCUT2D eigenvalue weighted by Gasteiger charge is 2.15. The molecule has 8 heteroatoms. The van der Waals surface area contributed by atoms with Crippen LogP contribution in [0, 0.1) is 11.2 Å². The third-order valence-corrected chi connectivity index (χ3v) is 5.31. The average molecular weight is 435 g/mol. The number of benzene rings is 1. The van der Waals surface area contributed by atoms with Gasteiger partial charge in [0.25, 0.3) is 0 Å². The van der Waals surface area contributed by atoms with Gasteiger partial charge in [-0.05, 0) is 29.5 Å². The van der Waals surface area contributed by atoms with Crippen molar-refractivity contribution in [2.75, 3.05) is 0 Å². The number of aromatic amines is 1. The number of aryl methyl sites for hydroxylation is 1. The van der Waals surface area contributed by atoms with E-state index in [0.29, 0.717) is 29.0 Å². The molecule has 0 atom stereocenters. The lowest BCUT2D eigenvalue weighted by Gasteiger charge is -2.17. The third kappa shape index (κ3) is 4.85. The van der Waals surface area contributed by atoms with Crippen molar-refractivity contribution < 1.29 is 9.18 Å². The zero-order valence-electron chi connectivity index (χ0n) is 18.7. The van der Waals surface area contributed by atoms with Gasteiger partial charge in [-0.1, -0.05) is 32.9 Å². The highest BCUT2D eigenvalue weighted by molar-refractivity contribution is 5.91. The Morgan fingerprint density at radius 2 is 2.03 bits per heavy atom. The van der Waals surface area contributed by atoms with E-state index in [2.05, 4.69) is 46.1 Å². The number of rotatable bonds is 6. The van der Waals surface area contributed by atoms with Gasteiger partial charge in [-0.15, -0.1) is 0 Å². The molecule has 0 saturated heterocycles. The van der Waals surface area contributed by atoms with Crippen molar-refractivity contribution in [3.63, 3.8) is 0 Å². The van der Waals surface area contributed by atoms with Gasteiger partial charge in [0.1, 0.15) is 11.6 Å². The van der Waals surface area contributed by atoms with Gasteiger partial charge in [0.2, 0.25) is 5.91 Å². The maximum Gasteiger partial charge on any atom is 0.220 e. The maximum atomic E-state index is 14.8. The van der Waals surface area contributed by atoms with Crippen molar-refractivity contribution in [1.82, 2.24) is 30.0 Å². The molecular weight excluding hydrogens is 407 g/mol. The molecule has 166 valence electrons. The largest absolute Gasteiger partial charge is 0.352 e. The van der Waals surface area contributed by atoms with Crippen molar-refractivity contribution in [3.05, 3.63) is 54.2 Å². The third-order valence-electron chi connectivity index (χ3n) is 5.31. The lowest BCUT2D eigenvalue weighted by molar-refractivity contribution is -0.121. The van der Waals surface area contributed by atoms with Crippen LogP contribution in [0.1, 0.15) is 39.2 Å². The molecular formula is C24H27FN6O. The summed E-state index contributed by atoms with van der Waals surface area (Å²) in [5.41, 5.74) is 4.18. The number of aromatic nitrogens is 5. The first kappa shape index (κ1) is 21.7. The Hall–Kier alpha value is -3.55. The van der Waals surface area contributed by atoms with E-state index in [1.54, 1.807) is 23.1 Å². The lowest BCUT2D eigenvalue weighted by atomic mass is 9.90. The smallest absolute Gasteiger partial charge is 0.220 e. The second-order valence-corrected chi connectivity index (χ2v) is 9.19. The summed E-state index contributed by atoms with van der Waals surface area (Å²) in [7, 11) is 1.84. The Kier molecular flexibility index (Phi) is 5.78. The molecule has 0 saturated carbocycles. The van der Waals surface area contributed by atoms with E-state index < -0.39 is 0 Å². The molecule has 0 aliphatic carbocycles. The fourth-order valence-electron chi connectivity index (χ4n) is 3.46. The van der Waals surface area contributed by atoms with E-state index in [-0.39, 0.29) is 23.7 Å². The van der Waals surface area contributed by atoms with E-state index >= 15 is 0 Å². The fourth-order valence-corrected chi connectivity index (χ4v) is 3.46. The zero-order chi connectivity index (χ0) is 22.9. The van der Waals surface area contributed by atoms with Gasteiger partial charge < -0.3 is 10.3 Å². The number of nitrogens with one attached hydrogen (secondary N) is 2. The minimum Gasteiger partial charge on any atom is -0.352 e. The highest BCUT2D eigenvalue weighted by atomic mass is 19.1. The quantitative estimate of drug-likeness (QED) is 0.464. The van der Waals surface area contributed by atoms with E-state index in [1.165, 1.54) is 6.07 Å². The van der Waals surface area contributed by atoms with Gasteiger partial charge in [0, 0.05) is 43.5 Å². The maximum absolute atomic E-state index is 14.8. The number of imidazole rings is 1. The molecule has 2 N–H and O–H groups in total. The van der Waals surface area contributed by atoms with Gasteiger partial charge >= 0.3 is 0 Å². The summed E-state index contributed by atoms with van der Waals surface area (Å²) in [6, 6.07) is 6.87. The van der Waals surface area contributed by atoms with Crippen molar-refractivity contribution in [2.24, 2.45) is 12.5 Å². The molecule has 4 aromatic rings. The summed E-state index contributed by atoms with van der Waals surface area (Å²) in [4.78, 5) is 24.2. The monoisotopic (exact) mass is 434 g/mol. The number of nitrogens with zero attached hydrogens (tertiary/aromatic N) is 4. The van der Waals surface area contributed by atoms with E-state index in [4.69, 9.17) is 0 Å². The Bertz CT molecular complexity index is 1270. The summed E-state index contributed by atoms with van der Waals surface area (Å²) in [5.74, 6) is 0.221. The number of amides is 1. The van der Waals surface area contributed by atoms with Gasteiger partial charge in [-0.2, -0.15) is 5.10 Å². The number of carbonyl (C=O) groups excluding carboxylic acids is 1. The van der Waals surface area contributed by atoms with Crippen LogP contribution in [0.15, 0.2) is 42.9 Å². The topological polar surface area (TPSA) is 88.5 Å².